The summed E-state index contributed by atoms with van der Waals surface area (Å²) < 4.78 is 16.0. The molecule has 32 heavy (non-hydrogen) atoms. The molecule has 0 spiro atoms. The van der Waals surface area contributed by atoms with E-state index in [0.717, 1.165) is 5.56 Å². The number of para-hydroxylation sites is 1. The van der Waals surface area contributed by atoms with Crippen molar-refractivity contribution in [2.75, 3.05) is 54.2 Å². The fourth-order valence-electron chi connectivity index (χ4n) is 3.78. The molecule has 1 aliphatic rings. The lowest BCUT2D eigenvalue weighted by molar-refractivity contribution is -0.137. The molecule has 0 atom stereocenters. The Kier molecular flexibility index (Phi) is 8.41. The van der Waals surface area contributed by atoms with Crippen molar-refractivity contribution >= 4 is 17.4 Å². The number of rotatable bonds is 12. The SMILES string of the molecule is COCCN(CCOC)C1=C(c2ccccc2OC)C(=O)N(CCc2ccccc2)C1=O. The molecule has 0 bridgehead atoms. The highest BCUT2D eigenvalue weighted by molar-refractivity contribution is 6.36. The van der Waals surface area contributed by atoms with Crippen molar-refractivity contribution in [2.45, 2.75) is 6.42 Å². The van der Waals surface area contributed by atoms with Gasteiger partial charge in [-0.3, -0.25) is 14.5 Å². The quantitative estimate of drug-likeness (QED) is 0.475. The first-order chi connectivity index (χ1) is 15.6. The average Bonchev–Trinajstić information content (AvgIpc) is 3.07. The number of ether oxygens (including phenoxy) is 3. The van der Waals surface area contributed by atoms with Crippen molar-refractivity contribution in [3.8, 4) is 5.75 Å². The predicted molar refractivity (Wildman–Crippen MR) is 122 cm³/mol. The summed E-state index contributed by atoms with van der Waals surface area (Å²) in [5, 5.41) is 0. The van der Waals surface area contributed by atoms with Crippen LogP contribution >= 0.6 is 0 Å². The van der Waals surface area contributed by atoms with E-state index in [4.69, 9.17) is 14.2 Å². The van der Waals surface area contributed by atoms with Crippen molar-refractivity contribution in [1.29, 1.82) is 0 Å². The van der Waals surface area contributed by atoms with Gasteiger partial charge in [0.05, 0.1) is 25.9 Å². The van der Waals surface area contributed by atoms with E-state index in [9.17, 15) is 9.59 Å². The Morgan fingerprint density at radius 2 is 1.44 bits per heavy atom. The minimum atomic E-state index is -0.315. The van der Waals surface area contributed by atoms with Crippen molar-refractivity contribution in [3.05, 3.63) is 71.4 Å². The molecule has 7 heteroatoms. The largest absolute Gasteiger partial charge is 0.496 e. The number of benzene rings is 2. The van der Waals surface area contributed by atoms with Crippen LogP contribution in [0.1, 0.15) is 11.1 Å². The van der Waals surface area contributed by atoms with Gasteiger partial charge in [-0.25, -0.2) is 0 Å². The zero-order valence-corrected chi connectivity index (χ0v) is 18.9. The van der Waals surface area contributed by atoms with Crippen LogP contribution < -0.4 is 4.74 Å². The van der Waals surface area contributed by atoms with E-state index < -0.39 is 0 Å². The van der Waals surface area contributed by atoms with Crippen LogP contribution in [0.5, 0.6) is 5.75 Å². The van der Waals surface area contributed by atoms with Crippen LogP contribution in [-0.4, -0.2) is 75.8 Å². The van der Waals surface area contributed by atoms with E-state index in [2.05, 4.69) is 0 Å². The Labute approximate surface area is 189 Å². The second-order valence-electron chi connectivity index (χ2n) is 7.39. The molecule has 0 radical (unpaired) electrons. The minimum Gasteiger partial charge on any atom is -0.496 e. The van der Waals surface area contributed by atoms with E-state index in [1.807, 2.05) is 53.4 Å². The standard InChI is InChI=1S/C25H30N2O5/c1-30-17-15-26(16-18-31-2)23-22(20-11-7-8-12-21(20)32-3)24(28)27(25(23)29)14-13-19-9-5-4-6-10-19/h4-12H,13-18H2,1-3H3. The van der Waals surface area contributed by atoms with Crippen LogP contribution in [0.3, 0.4) is 0 Å². The number of methoxy groups -OCH3 is 3. The zero-order chi connectivity index (χ0) is 22.9. The predicted octanol–water partition coefficient (Wildman–Crippen LogP) is 2.61. The number of hydrogen-bond acceptors (Lipinski definition) is 6. The molecular formula is C25H30N2O5. The molecule has 3 rings (SSSR count). The Bertz CT molecular complexity index is 950. The van der Waals surface area contributed by atoms with Gasteiger partial charge < -0.3 is 19.1 Å². The summed E-state index contributed by atoms with van der Waals surface area (Å²) >= 11 is 0. The summed E-state index contributed by atoms with van der Waals surface area (Å²) in [4.78, 5) is 30.3. The molecule has 0 aliphatic carbocycles. The van der Waals surface area contributed by atoms with Gasteiger partial charge in [-0.2, -0.15) is 0 Å². The fourth-order valence-corrected chi connectivity index (χ4v) is 3.78. The van der Waals surface area contributed by atoms with E-state index >= 15 is 0 Å². The topological polar surface area (TPSA) is 68.3 Å². The van der Waals surface area contributed by atoms with E-state index in [1.165, 1.54) is 4.90 Å². The normalized spacial score (nSPS) is 13.8. The molecule has 0 fully saturated rings. The summed E-state index contributed by atoms with van der Waals surface area (Å²) in [6.45, 7) is 2.04. The van der Waals surface area contributed by atoms with E-state index in [-0.39, 0.29) is 11.8 Å². The Morgan fingerprint density at radius 3 is 2.06 bits per heavy atom. The Morgan fingerprint density at radius 1 is 0.812 bits per heavy atom. The maximum Gasteiger partial charge on any atom is 0.277 e. The maximum atomic E-state index is 13.6. The second kappa shape index (κ2) is 11.5. The van der Waals surface area contributed by atoms with Crippen LogP contribution in [0.15, 0.2) is 60.3 Å². The number of carbonyl (C=O) groups excluding carboxylic acids is 2. The molecule has 170 valence electrons. The third-order valence-electron chi connectivity index (χ3n) is 5.43. The fraction of sp³-hybridized carbons (Fsp3) is 0.360. The van der Waals surface area contributed by atoms with Crippen LogP contribution in [0.25, 0.3) is 5.57 Å². The van der Waals surface area contributed by atoms with Gasteiger partial charge >= 0.3 is 0 Å². The van der Waals surface area contributed by atoms with Crippen LogP contribution in [0.2, 0.25) is 0 Å². The lowest BCUT2D eigenvalue weighted by atomic mass is 10.0. The highest BCUT2D eigenvalue weighted by Crippen LogP contribution is 2.36. The summed E-state index contributed by atoms with van der Waals surface area (Å²) in [6.07, 6.45) is 0.584. The van der Waals surface area contributed by atoms with Crippen molar-refractivity contribution in [1.82, 2.24) is 9.80 Å². The lowest BCUT2D eigenvalue weighted by Gasteiger charge is -2.25. The summed E-state index contributed by atoms with van der Waals surface area (Å²) in [5.41, 5.74) is 2.38. The highest BCUT2D eigenvalue weighted by atomic mass is 16.5. The molecule has 2 amide bonds. The average molecular weight is 439 g/mol. The van der Waals surface area contributed by atoms with Gasteiger partial charge in [-0.1, -0.05) is 48.5 Å². The molecule has 1 aliphatic heterocycles. The molecule has 7 nitrogen and oxygen atoms in total. The molecule has 2 aromatic carbocycles. The molecular weight excluding hydrogens is 408 g/mol. The summed E-state index contributed by atoms with van der Waals surface area (Å²) in [7, 11) is 4.77. The van der Waals surface area contributed by atoms with Gasteiger partial charge in [-0.15, -0.1) is 0 Å². The first-order valence-electron chi connectivity index (χ1n) is 10.6. The number of carbonyl (C=O) groups is 2. The summed E-state index contributed by atoms with van der Waals surface area (Å²) in [5.74, 6) is -0.0752. The molecule has 0 saturated heterocycles. The molecule has 2 aromatic rings. The molecule has 0 aromatic heterocycles. The van der Waals surface area contributed by atoms with Gasteiger partial charge in [0, 0.05) is 39.4 Å². The monoisotopic (exact) mass is 438 g/mol. The van der Waals surface area contributed by atoms with Crippen molar-refractivity contribution in [2.24, 2.45) is 0 Å². The molecule has 1 heterocycles. The number of hydrogen-bond donors (Lipinski definition) is 0. The van der Waals surface area contributed by atoms with E-state index in [0.29, 0.717) is 61.9 Å². The van der Waals surface area contributed by atoms with Gasteiger partial charge in [0.2, 0.25) is 0 Å². The molecule has 0 N–H and O–H groups in total. The van der Waals surface area contributed by atoms with Crippen molar-refractivity contribution < 1.29 is 23.8 Å². The summed E-state index contributed by atoms with van der Waals surface area (Å²) in [6, 6.07) is 17.1. The smallest absolute Gasteiger partial charge is 0.277 e. The first kappa shape index (κ1) is 23.5. The third kappa shape index (κ3) is 5.18. The van der Waals surface area contributed by atoms with Crippen LogP contribution in [0, 0.1) is 0 Å². The van der Waals surface area contributed by atoms with Gasteiger partial charge in [-0.05, 0) is 18.1 Å². The van der Waals surface area contributed by atoms with Crippen molar-refractivity contribution in [3.63, 3.8) is 0 Å². The van der Waals surface area contributed by atoms with Gasteiger partial charge in [0.25, 0.3) is 11.8 Å². The third-order valence-corrected chi connectivity index (χ3v) is 5.43. The van der Waals surface area contributed by atoms with Crippen LogP contribution in [-0.2, 0) is 25.5 Å². The van der Waals surface area contributed by atoms with E-state index in [1.54, 1.807) is 27.4 Å². The number of amides is 2. The molecule has 0 saturated carbocycles. The number of nitrogens with zero attached hydrogens (tertiary/aromatic N) is 2. The maximum absolute atomic E-state index is 13.6. The Hall–Kier alpha value is -3.16. The highest BCUT2D eigenvalue weighted by Gasteiger charge is 2.42. The first-order valence-corrected chi connectivity index (χ1v) is 10.6. The zero-order valence-electron chi connectivity index (χ0n) is 18.9. The van der Waals surface area contributed by atoms with Crippen LogP contribution in [0.4, 0.5) is 0 Å². The number of imide groups is 1. The second-order valence-corrected chi connectivity index (χ2v) is 7.39. The minimum absolute atomic E-state index is 0.298. The molecule has 0 unspecified atom stereocenters. The van der Waals surface area contributed by atoms with Gasteiger partial charge in [0.15, 0.2) is 0 Å². The lowest BCUT2D eigenvalue weighted by Crippen LogP contribution is -2.38. The Balaban J connectivity index is 2.01. The van der Waals surface area contributed by atoms with Gasteiger partial charge in [0.1, 0.15) is 11.4 Å².